The van der Waals surface area contributed by atoms with Gasteiger partial charge in [-0.2, -0.15) is 0 Å². The molecule has 1 aliphatic heterocycles. The van der Waals surface area contributed by atoms with Crippen LogP contribution < -0.4 is 5.32 Å². The first-order valence-corrected chi connectivity index (χ1v) is 9.04. The minimum Gasteiger partial charge on any atom is -0.328 e. The molecule has 2 heterocycles. The van der Waals surface area contributed by atoms with E-state index >= 15 is 0 Å². The molecule has 0 spiro atoms. The third kappa shape index (κ3) is 4.89. The molecular formula is C19H22F4N4O. The second-order valence-corrected chi connectivity index (χ2v) is 7.14. The molecule has 1 aliphatic rings. The molecule has 9 heteroatoms. The molecule has 28 heavy (non-hydrogen) atoms. The Morgan fingerprint density at radius 1 is 1.21 bits per heavy atom. The van der Waals surface area contributed by atoms with Crippen molar-refractivity contribution < 1.29 is 22.4 Å². The molecular weight excluding hydrogens is 376 g/mol. The van der Waals surface area contributed by atoms with Crippen LogP contribution in [0.4, 0.5) is 23.4 Å². The summed E-state index contributed by atoms with van der Waals surface area (Å²) in [5.74, 6) is -3.48. The highest BCUT2D eigenvalue weighted by atomic mass is 19.3. The minimum atomic E-state index is -2.67. The van der Waals surface area contributed by atoms with Crippen LogP contribution in [0.2, 0.25) is 0 Å². The Kier molecular flexibility index (Phi) is 5.74. The predicted octanol–water partition coefficient (Wildman–Crippen LogP) is 3.58. The maximum atomic E-state index is 13.3. The number of carbonyl (C=O) groups excluding carboxylic acids is 1. The van der Waals surface area contributed by atoms with Gasteiger partial charge in [-0.05, 0) is 31.5 Å². The third-order valence-corrected chi connectivity index (χ3v) is 4.96. The Labute approximate surface area is 160 Å². The Bertz CT molecular complexity index is 837. The van der Waals surface area contributed by atoms with E-state index in [-0.39, 0.29) is 38.4 Å². The zero-order valence-corrected chi connectivity index (χ0v) is 15.7. The number of likely N-dealkylation sites (tertiary alicyclic amines) is 1. The number of benzene rings is 1. The van der Waals surface area contributed by atoms with Crippen LogP contribution >= 0.6 is 0 Å². The molecule has 1 amide bonds. The number of nitrogens with zero attached hydrogens (tertiary/aromatic N) is 3. The SMILES string of the molecule is Cc1nc(NC(=O)[C@H](C)N2CCC(F)(F)CC2)cn1Cc1cc(F)cc(F)c1. The first-order chi connectivity index (χ1) is 13.1. The predicted molar refractivity (Wildman–Crippen MR) is 96.3 cm³/mol. The average Bonchev–Trinajstić information content (AvgIpc) is 2.92. The third-order valence-electron chi connectivity index (χ3n) is 4.96. The second-order valence-electron chi connectivity index (χ2n) is 7.14. The van der Waals surface area contributed by atoms with Crippen molar-refractivity contribution >= 4 is 11.7 Å². The van der Waals surface area contributed by atoms with E-state index in [1.165, 1.54) is 12.1 Å². The number of anilines is 1. The zero-order chi connectivity index (χ0) is 20.5. The fraction of sp³-hybridized carbons (Fsp3) is 0.474. The van der Waals surface area contributed by atoms with Gasteiger partial charge in [0, 0.05) is 44.7 Å². The minimum absolute atomic E-state index is 0.153. The highest BCUT2D eigenvalue weighted by Crippen LogP contribution is 2.28. The molecule has 1 atom stereocenters. The number of carbonyl (C=O) groups is 1. The summed E-state index contributed by atoms with van der Waals surface area (Å²) >= 11 is 0. The largest absolute Gasteiger partial charge is 0.328 e. The first-order valence-electron chi connectivity index (χ1n) is 9.04. The molecule has 1 fully saturated rings. The van der Waals surface area contributed by atoms with Gasteiger partial charge in [-0.1, -0.05) is 0 Å². The van der Waals surface area contributed by atoms with Crippen molar-refractivity contribution in [3.05, 3.63) is 47.4 Å². The van der Waals surface area contributed by atoms with Crippen LogP contribution in [-0.4, -0.2) is 45.4 Å². The summed E-state index contributed by atoms with van der Waals surface area (Å²) < 4.78 is 54.9. The van der Waals surface area contributed by atoms with E-state index in [4.69, 9.17) is 0 Å². The highest BCUT2D eigenvalue weighted by Gasteiger charge is 2.36. The number of aryl methyl sites for hydroxylation is 1. The van der Waals surface area contributed by atoms with Gasteiger partial charge in [0.15, 0.2) is 5.82 Å². The number of rotatable bonds is 5. The van der Waals surface area contributed by atoms with Crippen molar-refractivity contribution in [1.29, 1.82) is 0 Å². The Hall–Kier alpha value is -2.42. The number of piperidine rings is 1. The summed E-state index contributed by atoms with van der Waals surface area (Å²) in [6.45, 7) is 3.88. The van der Waals surface area contributed by atoms with Crippen molar-refractivity contribution in [3.63, 3.8) is 0 Å². The summed E-state index contributed by atoms with van der Waals surface area (Å²) in [7, 11) is 0. The Balaban J connectivity index is 1.63. The van der Waals surface area contributed by atoms with Gasteiger partial charge in [0.05, 0.1) is 6.04 Å². The highest BCUT2D eigenvalue weighted by molar-refractivity contribution is 5.93. The summed E-state index contributed by atoms with van der Waals surface area (Å²) in [5.41, 5.74) is 0.429. The lowest BCUT2D eigenvalue weighted by Crippen LogP contribution is -2.48. The standard InChI is InChI=1S/C19H22F4N4O/c1-12(26-5-3-19(22,23)4-6-26)18(28)25-17-11-27(13(2)24-17)10-14-7-15(20)9-16(21)8-14/h7-9,11-12H,3-6,10H2,1-2H3,(H,25,28)/t12-/m0/s1. The van der Waals surface area contributed by atoms with E-state index in [9.17, 15) is 22.4 Å². The Morgan fingerprint density at radius 3 is 2.43 bits per heavy atom. The van der Waals surface area contributed by atoms with E-state index in [1.54, 1.807) is 29.5 Å². The van der Waals surface area contributed by atoms with Gasteiger partial charge >= 0.3 is 0 Å². The quantitative estimate of drug-likeness (QED) is 0.784. The normalized spacial score (nSPS) is 18.1. The van der Waals surface area contributed by atoms with Crippen LogP contribution in [-0.2, 0) is 11.3 Å². The first kappa shape index (κ1) is 20.3. The van der Waals surface area contributed by atoms with Crippen LogP contribution in [0.5, 0.6) is 0 Å². The van der Waals surface area contributed by atoms with Crippen molar-refractivity contribution in [3.8, 4) is 0 Å². The zero-order valence-electron chi connectivity index (χ0n) is 15.7. The number of alkyl halides is 2. The van der Waals surface area contributed by atoms with Gasteiger partial charge in [-0.3, -0.25) is 9.69 Å². The van der Waals surface area contributed by atoms with Gasteiger partial charge in [0.1, 0.15) is 17.5 Å². The molecule has 3 rings (SSSR count). The van der Waals surface area contributed by atoms with E-state index in [0.29, 0.717) is 17.2 Å². The molecule has 0 aliphatic carbocycles. The summed E-state index contributed by atoms with van der Waals surface area (Å²) in [5, 5.41) is 2.68. The summed E-state index contributed by atoms with van der Waals surface area (Å²) in [6, 6.07) is 2.69. The molecule has 1 aromatic carbocycles. The van der Waals surface area contributed by atoms with E-state index in [0.717, 1.165) is 6.07 Å². The number of nitrogens with one attached hydrogen (secondary N) is 1. The van der Waals surface area contributed by atoms with Crippen LogP contribution in [0, 0.1) is 18.6 Å². The molecule has 0 bridgehead atoms. The monoisotopic (exact) mass is 398 g/mol. The molecule has 0 radical (unpaired) electrons. The molecule has 1 aromatic heterocycles. The lowest BCUT2D eigenvalue weighted by atomic mass is 10.0. The number of hydrogen-bond donors (Lipinski definition) is 1. The van der Waals surface area contributed by atoms with Gasteiger partial charge in [-0.25, -0.2) is 22.5 Å². The molecule has 1 saturated heterocycles. The van der Waals surface area contributed by atoms with Crippen LogP contribution in [0.25, 0.3) is 0 Å². The number of amides is 1. The van der Waals surface area contributed by atoms with E-state index in [1.807, 2.05) is 0 Å². The lowest BCUT2D eigenvalue weighted by Gasteiger charge is -2.34. The van der Waals surface area contributed by atoms with Gasteiger partial charge in [-0.15, -0.1) is 0 Å². The van der Waals surface area contributed by atoms with Crippen molar-refractivity contribution in [2.75, 3.05) is 18.4 Å². The van der Waals surface area contributed by atoms with E-state index < -0.39 is 23.6 Å². The Morgan fingerprint density at radius 2 is 1.82 bits per heavy atom. The molecule has 1 N–H and O–H groups in total. The molecule has 152 valence electrons. The van der Waals surface area contributed by atoms with Crippen LogP contribution in [0.3, 0.4) is 0 Å². The summed E-state index contributed by atoms with van der Waals surface area (Å²) in [4.78, 5) is 18.4. The number of imidazole rings is 1. The van der Waals surface area contributed by atoms with Gasteiger partial charge < -0.3 is 9.88 Å². The second kappa shape index (κ2) is 7.90. The molecule has 5 nitrogen and oxygen atoms in total. The molecule has 0 saturated carbocycles. The summed E-state index contributed by atoms with van der Waals surface area (Å²) in [6.07, 6.45) is 1.05. The fourth-order valence-corrected chi connectivity index (χ4v) is 3.26. The van der Waals surface area contributed by atoms with Gasteiger partial charge in [0.25, 0.3) is 5.92 Å². The lowest BCUT2D eigenvalue weighted by molar-refractivity contribution is -0.124. The fourth-order valence-electron chi connectivity index (χ4n) is 3.26. The topological polar surface area (TPSA) is 50.2 Å². The molecule has 0 unspecified atom stereocenters. The maximum Gasteiger partial charge on any atom is 0.250 e. The van der Waals surface area contributed by atoms with E-state index in [2.05, 4.69) is 10.3 Å². The number of hydrogen-bond acceptors (Lipinski definition) is 3. The van der Waals surface area contributed by atoms with Crippen LogP contribution in [0.15, 0.2) is 24.4 Å². The smallest absolute Gasteiger partial charge is 0.250 e. The molecule has 2 aromatic rings. The van der Waals surface area contributed by atoms with Crippen molar-refractivity contribution in [2.24, 2.45) is 0 Å². The van der Waals surface area contributed by atoms with Crippen molar-refractivity contribution in [1.82, 2.24) is 14.5 Å². The van der Waals surface area contributed by atoms with Crippen molar-refractivity contribution in [2.45, 2.75) is 45.2 Å². The number of halogens is 4. The van der Waals surface area contributed by atoms with Gasteiger partial charge in [0.2, 0.25) is 5.91 Å². The van der Waals surface area contributed by atoms with Crippen LogP contribution in [0.1, 0.15) is 31.2 Å². The number of aromatic nitrogens is 2. The average molecular weight is 398 g/mol. The maximum absolute atomic E-state index is 13.3.